The van der Waals surface area contributed by atoms with E-state index >= 15 is 0 Å². The lowest BCUT2D eigenvalue weighted by atomic mass is 10.1. The van der Waals surface area contributed by atoms with Gasteiger partial charge in [0.2, 0.25) is 0 Å². The van der Waals surface area contributed by atoms with Gasteiger partial charge in [-0.05, 0) is 12.3 Å². The molecule has 0 atom stereocenters. The fraction of sp³-hybridized carbons (Fsp3) is 0.182. The van der Waals surface area contributed by atoms with Gasteiger partial charge in [-0.3, -0.25) is 4.99 Å². The topological polar surface area (TPSA) is 21.6 Å². The molecule has 2 heteroatoms. The van der Waals surface area contributed by atoms with Crippen LogP contribution in [0.5, 0.6) is 0 Å². The first kappa shape index (κ1) is 9.68. The van der Waals surface area contributed by atoms with E-state index in [9.17, 15) is 0 Å². The van der Waals surface area contributed by atoms with E-state index in [2.05, 4.69) is 18.3 Å². The predicted molar refractivity (Wildman–Crippen MR) is 56.5 cm³/mol. The van der Waals surface area contributed by atoms with E-state index in [0.717, 1.165) is 16.8 Å². The third kappa shape index (κ3) is 2.04. The highest BCUT2D eigenvalue weighted by atomic mass is 16.5. The number of rotatable bonds is 4. The Morgan fingerprint density at radius 1 is 1.54 bits per heavy atom. The number of benzene rings is 1. The fourth-order valence-electron chi connectivity index (χ4n) is 1.24. The summed E-state index contributed by atoms with van der Waals surface area (Å²) in [6, 6.07) is 5.89. The van der Waals surface area contributed by atoms with E-state index in [1.54, 1.807) is 13.2 Å². The highest BCUT2D eigenvalue weighted by Crippen LogP contribution is 2.25. The van der Waals surface area contributed by atoms with Crippen molar-refractivity contribution in [3.05, 3.63) is 35.9 Å². The van der Waals surface area contributed by atoms with Crippen LogP contribution >= 0.6 is 0 Å². The Morgan fingerprint density at radius 2 is 2.31 bits per heavy atom. The molecule has 2 nitrogen and oxygen atoms in total. The summed E-state index contributed by atoms with van der Waals surface area (Å²) < 4.78 is 5.05. The maximum atomic E-state index is 5.05. The van der Waals surface area contributed by atoms with Crippen molar-refractivity contribution >= 4 is 18.5 Å². The van der Waals surface area contributed by atoms with Crippen LogP contribution in [0.4, 0.5) is 5.69 Å². The molecule has 0 heterocycles. The average molecular weight is 175 g/mol. The van der Waals surface area contributed by atoms with Crippen molar-refractivity contribution in [1.82, 2.24) is 0 Å². The van der Waals surface area contributed by atoms with Crippen LogP contribution in [0.1, 0.15) is 11.1 Å². The molecular weight excluding hydrogens is 162 g/mol. The molecule has 0 aliphatic carbocycles. The standard InChI is InChI=1S/C11H13NO/c1-4-9-6-5-7-10(8-13-3)11(9)12-2/h4-7H,1-2,8H2,3H3. The zero-order valence-electron chi connectivity index (χ0n) is 7.79. The van der Waals surface area contributed by atoms with Gasteiger partial charge in [0.15, 0.2) is 0 Å². The van der Waals surface area contributed by atoms with Crippen LogP contribution in [0.2, 0.25) is 0 Å². The van der Waals surface area contributed by atoms with Crippen molar-refractivity contribution in [1.29, 1.82) is 0 Å². The minimum Gasteiger partial charge on any atom is -0.380 e. The van der Waals surface area contributed by atoms with Gasteiger partial charge in [0.05, 0.1) is 12.3 Å². The van der Waals surface area contributed by atoms with Gasteiger partial charge in [0.25, 0.3) is 0 Å². The third-order valence-electron chi connectivity index (χ3n) is 1.83. The highest BCUT2D eigenvalue weighted by Gasteiger charge is 2.02. The fourth-order valence-corrected chi connectivity index (χ4v) is 1.24. The number of hydrogen-bond donors (Lipinski definition) is 0. The molecule has 0 saturated heterocycles. The number of para-hydroxylation sites is 1. The van der Waals surface area contributed by atoms with Crippen LogP contribution in [-0.4, -0.2) is 13.8 Å². The first-order valence-electron chi connectivity index (χ1n) is 4.03. The summed E-state index contributed by atoms with van der Waals surface area (Å²) in [4.78, 5) is 3.96. The Hall–Kier alpha value is -1.41. The maximum Gasteiger partial charge on any atom is 0.0749 e. The minimum atomic E-state index is 0.552. The molecule has 0 fully saturated rings. The molecule has 13 heavy (non-hydrogen) atoms. The van der Waals surface area contributed by atoms with Crippen molar-refractivity contribution in [2.45, 2.75) is 6.61 Å². The molecule has 0 radical (unpaired) electrons. The molecule has 0 unspecified atom stereocenters. The Balaban J connectivity index is 3.18. The first-order valence-corrected chi connectivity index (χ1v) is 4.03. The summed E-state index contributed by atoms with van der Waals surface area (Å²) >= 11 is 0. The summed E-state index contributed by atoms with van der Waals surface area (Å²) in [6.45, 7) is 7.79. The van der Waals surface area contributed by atoms with E-state index < -0.39 is 0 Å². The highest BCUT2D eigenvalue weighted by molar-refractivity contribution is 5.68. The molecule has 0 saturated carbocycles. The summed E-state index contributed by atoms with van der Waals surface area (Å²) in [5, 5.41) is 0. The van der Waals surface area contributed by atoms with Gasteiger partial charge < -0.3 is 4.74 Å². The lowest BCUT2D eigenvalue weighted by molar-refractivity contribution is 0.185. The Morgan fingerprint density at radius 3 is 2.85 bits per heavy atom. The number of hydrogen-bond acceptors (Lipinski definition) is 2. The molecule has 68 valence electrons. The molecule has 0 amide bonds. The summed E-state index contributed by atoms with van der Waals surface area (Å²) in [7, 11) is 1.66. The van der Waals surface area contributed by atoms with Crippen molar-refractivity contribution in [3.8, 4) is 0 Å². The summed E-state index contributed by atoms with van der Waals surface area (Å²) in [5.74, 6) is 0. The zero-order chi connectivity index (χ0) is 9.68. The number of aliphatic imine (C=N–C) groups is 1. The monoisotopic (exact) mass is 175 g/mol. The van der Waals surface area contributed by atoms with E-state index in [-0.39, 0.29) is 0 Å². The van der Waals surface area contributed by atoms with Crippen LogP contribution in [0, 0.1) is 0 Å². The molecular formula is C11H13NO. The second kappa shape index (κ2) is 4.58. The smallest absolute Gasteiger partial charge is 0.0749 e. The van der Waals surface area contributed by atoms with Crippen molar-refractivity contribution < 1.29 is 4.74 Å². The van der Waals surface area contributed by atoms with Gasteiger partial charge in [-0.15, -0.1) is 0 Å². The molecule has 0 N–H and O–H groups in total. The van der Waals surface area contributed by atoms with E-state index in [0.29, 0.717) is 6.61 Å². The maximum absolute atomic E-state index is 5.05. The van der Waals surface area contributed by atoms with E-state index in [1.165, 1.54) is 0 Å². The second-order valence-corrected chi connectivity index (χ2v) is 2.65. The van der Waals surface area contributed by atoms with Crippen LogP contribution < -0.4 is 0 Å². The lowest BCUT2D eigenvalue weighted by Gasteiger charge is -2.06. The summed E-state index contributed by atoms with van der Waals surface area (Å²) in [6.07, 6.45) is 1.77. The van der Waals surface area contributed by atoms with Gasteiger partial charge in [0.1, 0.15) is 0 Å². The third-order valence-corrected chi connectivity index (χ3v) is 1.83. The van der Waals surface area contributed by atoms with Crippen LogP contribution in [0.25, 0.3) is 6.08 Å². The minimum absolute atomic E-state index is 0.552. The molecule has 1 aromatic rings. The molecule has 0 aliphatic heterocycles. The van der Waals surface area contributed by atoms with Crippen molar-refractivity contribution in [2.75, 3.05) is 7.11 Å². The molecule has 0 spiro atoms. The predicted octanol–water partition coefficient (Wildman–Crippen LogP) is 2.81. The van der Waals surface area contributed by atoms with Crippen LogP contribution in [0.15, 0.2) is 29.8 Å². The second-order valence-electron chi connectivity index (χ2n) is 2.65. The number of methoxy groups -OCH3 is 1. The van der Waals surface area contributed by atoms with Gasteiger partial charge in [-0.25, -0.2) is 0 Å². The molecule has 0 aromatic heterocycles. The Labute approximate surface area is 78.6 Å². The van der Waals surface area contributed by atoms with Gasteiger partial charge in [0, 0.05) is 12.7 Å². The lowest BCUT2D eigenvalue weighted by Crippen LogP contribution is -1.89. The average Bonchev–Trinajstić information content (AvgIpc) is 2.18. The SMILES string of the molecule is C=Cc1cccc(COC)c1N=C. The number of nitrogens with zero attached hydrogens (tertiary/aromatic N) is 1. The van der Waals surface area contributed by atoms with E-state index in [1.807, 2.05) is 18.2 Å². The van der Waals surface area contributed by atoms with Crippen molar-refractivity contribution in [3.63, 3.8) is 0 Å². The first-order chi connectivity index (χ1) is 6.33. The Kier molecular flexibility index (Phi) is 3.41. The van der Waals surface area contributed by atoms with Gasteiger partial charge in [-0.1, -0.05) is 30.9 Å². The van der Waals surface area contributed by atoms with Gasteiger partial charge in [-0.2, -0.15) is 0 Å². The molecule has 0 aliphatic rings. The zero-order valence-corrected chi connectivity index (χ0v) is 7.79. The number of ether oxygens (including phenoxy) is 1. The van der Waals surface area contributed by atoms with Crippen LogP contribution in [-0.2, 0) is 11.3 Å². The van der Waals surface area contributed by atoms with Crippen LogP contribution in [0.3, 0.4) is 0 Å². The molecule has 0 bridgehead atoms. The van der Waals surface area contributed by atoms with Gasteiger partial charge >= 0.3 is 0 Å². The normalized spacial score (nSPS) is 9.62. The largest absolute Gasteiger partial charge is 0.380 e. The van der Waals surface area contributed by atoms with E-state index in [4.69, 9.17) is 4.74 Å². The Bertz CT molecular complexity index is 318. The van der Waals surface area contributed by atoms with Crippen molar-refractivity contribution in [2.24, 2.45) is 4.99 Å². The molecule has 1 aromatic carbocycles. The quantitative estimate of drug-likeness (QED) is 0.645. The summed E-state index contributed by atoms with van der Waals surface area (Å²) in [5.41, 5.74) is 2.89. The molecule has 1 rings (SSSR count).